The van der Waals surface area contributed by atoms with E-state index in [1.54, 1.807) is 33.0 Å². The molecule has 4 aliphatic rings. The highest BCUT2D eigenvalue weighted by atomic mass is 16.7. The second-order valence-corrected chi connectivity index (χ2v) is 20.0. The molecule has 0 amide bonds. The molecular weight excluding hydrogens is 797 g/mol. The number of carbonyl (C=O) groups excluding carboxylic acids is 2. The summed E-state index contributed by atoms with van der Waals surface area (Å²) in [7, 11) is 5.36. The SMILES string of the molecule is C#C[C@@H]1C[C@@](C)(OC)[C@H](O[C@H]2C[C@@H](N(C)CCCC)C[C@@H](C)O2)[C@@H](C)C([C@H]2CC(C)(C)[C@@H](O)[C@H](C)O2)[C@@H](C)C(=O)O[C@H](CC)[C@@]2(C)OC(O)N(CCOCCOC)[C@@H]2[C@@H](C)C1=O. The van der Waals surface area contributed by atoms with Crippen LogP contribution in [0.1, 0.15) is 121 Å². The van der Waals surface area contributed by atoms with Crippen molar-refractivity contribution in [1.82, 2.24) is 9.80 Å². The topological polar surface area (TPSA) is 155 Å². The normalized spacial score (nSPS) is 42.5. The molecule has 0 spiro atoms. The van der Waals surface area contributed by atoms with Gasteiger partial charge < -0.3 is 53.0 Å². The Balaban J connectivity index is 1.89. The summed E-state index contributed by atoms with van der Waals surface area (Å²) in [5.41, 5.74) is -3.06. The molecule has 0 aliphatic carbocycles. The maximum Gasteiger partial charge on any atom is 0.309 e. The molecule has 358 valence electrons. The fraction of sp³-hybridized carbons (Fsp3) is 0.917. The Labute approximate surface area is 373 Å². The van der Waals surface area contributed by atoms with Gasteiger partial charge >= 0.3 is 5.97 Å². The number of ether oxygens (including phenoxy) is 8. The van der Waals surface area contributed by atoms with Gasteiger partial charge in [-0.1, -0.05) is 60.8 Å². The molecule has 4 aliphatic heterocycles. The number of Topliss-reactive ketones (excluding diaryl/α,β-unsaturated/α-hetero) is 1. The van der Waals surface area contributed by atoms with E-state index in [0.29, 0.717) is 32.5 Å². The van der Waals surface area contributed by atoms with Crippen LogP contribution in [0.5, 0.6) is 0 Å². The number of carbonyl (C=O) groups is 2. The van der Waals surface area contributed by atoms with Crippen molar-refractivity contribution in [1.29, 1.82) is 0 Å². The summed E-state index contributed by atoms with van der Waals surface area (Å²) in [6.07, 6.45) is 5.40. The molecular formula is C48H84N2O12. The molecule has 2 N–H and O–H groups in total. The smallest absolute Gasteiger partial charge is 0.309 e. The van der Waals surface area contributed by atoms with Gasteiger partial charge in [0.05, 0.1) is 73.8 Å². The summed E-state index contributed by atoms with van der Waals surface area (Å²) in [5.74, 6) is -1.32. The van der Waals surface area contributed by atoms with Gasteiger partial charge in [0.25, 0.3) is 0 Å². The molecule has 0 bridgehead atoms. The maximum atomic E-state index is 15.1. The van der Waals surface area contributed by atoms with E-state index in [9.17, 15) is 15.0 Å². The number of nitrogens with zero attached hydrogens (tertiary/aromatic N) is 2. The predicted octanol–water partition coefficient (Wildman–Crippen LogP) is 5.43. The molecule has 4 rings (SSSR count). The van der Waals surface area contributed by atoms with Gasteiger partial charge in [0.1, 0.15) is 11.7 Å². The fourth-order valence-electron chi connectivity index (χ4n) is 11.3. The number of methoxy groups -OCH3 is 2. The molecule has 0 saturated carbocycles. The highest BCUT2D eigenvalue weighted by molar-refractivity contribution is 5.86. The van der Waals surface area contributed by atoms with Crippen LogP contribution in [0.4, 0.5) is 0 Å². The summed E-state index contributed by atoms with van der Waals surface area (Å²) in [5, 5.41) is 22.9. The molecule has 17 atom stereocenters. The lowest BCUT2D eigenvalue weighted by atomic mass is 9.66. The van der Waals surface area contributed by atoms with Crippen LogP contribution >= 0.6 is 0 Å². The summed E-state index contributed by atoms with van der Waals surface area (Å²) in [4.78, 5) is 34.1. The molecule has 4 saturated heterocycles. The minimum absolute atomic E-state index is 0.0848. The molecule has 0 aromatic heterocycles. The Bertz CT molecular complexity index is 1480. The average molecular weight is 881 g/mol. The number of fused-ring (bicyclic) bond motifs is 1. The summed E-state index contributed by atoms with van der Waals surface area (Å²) >= 11 is 0. The van der Waals surface area contributed by atoms with Gasteiger partial charge in [-0.3, -0.25) is 9.59 Å². The first kappa shape index (κ1) is 52.9. The van der Waals surface area contributed by atoms with E-state index in [0.717, 1.165) is 25.8 Å². The lowest BCUT2D eigenvalue weighted by Crippen LogP contribution is -2.60. The van der Waals surface area contributed by atoms with E-state index in [1.165, 1.54) is 0 Å². The largest absolute Gasteiger partial charge is 0.459 e. The summed E-state index contributed by atoms with van der Waals surface area (Å²) in [6, 6.07) is -0.548. The molecule has 4 fully saturated rings. The number of rotatable bonds is 15. The quantitative estimate of drug-likeness (QED) is 0.122. The zero-order valence-corrected chi connectivity index (χ0v) is 40.6. The van der Waals surface area contributed by atoms with Crippen molar-refractivity contribution in [3.63, 3.8) is 0 Å². The second-order valence-electron chi connectivity index (χ2n) is 20.0. The van der Waals surface area contributed by atoms with Crippen molar-refractivity contribution in [3.8, 4) is 12.3 Å². The molecule has 0 aromatic rings. The number of ketones is 1. The van der Waals surface area contributed by atoms with Crippen molar-refractivity contribution in [2.75, 3.05) is 54.2 Å². The van der Waals surface area contributed by atoms with Crippen LogP contribution < -0.4 is 0 Å². The fourth-order valence-corrected chi connectivity index (χ4v) is 11.3. The van der Waals surface area contributed by atoms with E-state index >= 15 is 4.79 Å². The zero-order chi connectivity index (χ0) is 46.3. The highest BCUT2D eigenvalue weighted by Gasteiger charge is 2.60. The van der Waals surface area contributed by atoms with Crippen LogP contribution in [-0.2, 0) is 47.5 Å². The number of unbranched alkanes of at least 4 members (excludes halogenated alkanes) is 1. The van der Waals surface area contributed by atoms with Gasteiger partial charge in [0.2, 0.25) is 6.41 Å². The highest BCUT2D eigenvalue weighted by Crippen LogP contribution is 2.48. The van der Waals surface area contributed by atoms with Crippen molar-refractivity contribution >= 4 is 11.8 Å². The molecule has 0 radical (unpaired) electrons. The number of terminal acetylenes is 1. The molecule has 14 heteroatoms. The van der Waals surface area contributed by atoms with Crippen LogP contribution in [0, 0.1) is 47.3 Å². The van der Waals surface area contributed by atoms with Gasteiger partial charge in [-0.2, -0.15) is 0 Å². The second kappa shape index (κ2) is 22.6. The van der Waals surface area contributed by atoms with Gasteiger partial charge in [-0.25, -0.2) is 4.90 Å². The minimum Gasteiger partial charge on any atom is -0.459 e. The Morgan fingerprint density at radius 1 is 0.952 bits per heavy atom. The van der Waals surface area contributed by atoms with E-state index in [-0.39, 0.29) is 37.5 Å². The number of aliphatic hydroxyl groups excluding tert-OH is 2. The van der Waals surface area contributed by atoms with Gasteiger partial charge in [0, 0.05) is 45.1 Å². The summed E-state index contributed by atoms with van der Waals surface area (Å²) in [6.45, 7) is 23.7. The zero-order valence-electron chi connectivity index (χ0n) is 40.6. The summed E-state index contributed by atoms with van der Waals surface area (Å²) < 4.78 is 51.1. The Morgan fingerprint density at radius 3 is 2.24 bits per heavy atom. The van der Waals surface area contributed by atoms with E-state index < -0.39 is 101 Å². The van der Waals surface area contributed by atoms with Crippen molar-refractivity contribution < 1.29 is 57.7 Å². The van der Waals surface area contributed by atoms with Crippen molar-refractivity contribution in [3.05, 3.63) is 0 Å². The minimum atomic E-state index is -1.42. The number of esters is 1. The van der Waals surface area contributed by atoms with Crippen LogP contribution in [0.3, 0.4) is 0 Å². The Kier molecular flexibility index (Phi) is 19.3. The predicted molar refractivity (Wildman–Crippen MR) is 236 cm³/mol. The van der Waals surface area contributed by atoms with Crippen LogP contribution in [0.15, 0.2) is 0 Å². The Hall–Kier alpha value is -1.74. The molecule has 14 nitrogen and oxygen atoms in total. The third-order valence-corrected chi connectivity index (χ3v) is 15.0. The first-order chi connectivity index (χ1) is 29.1. The third-order valence-electron chi connectivity index (χ3n) is 15.0. The van der Waals surface area contributed by atoms with Crippen molar-refractivity contribution in [2.45, 2.75) is 194 Å². The van der Waals surface area contributed by atoms with Gasteiger partial charge in [-0.05, 0) is 84.7 Å². The van der Waals surface area contributed by atoms with Crippen LogP contribution in [0.2, 0.25) is 0 Å². The van der Waals surface area contributed by atoms with Crippen LogP contribution in [-0.4, -0.2) is 159 Å². The molecule has 2 unspecified atom stereocenters. The monoisotopic (exact) mass is 881 g/mol. The van der Waals surface area contributed by atoms with Crippen molar-refractivity contribution in [2.24, 2.45) is 35.0 Å². The lowest BCUT2D eigenvalue weighted by Gasteiger charge is -2.51. The maximum absolute atomic E-state index is 15.1. The number of hydrogen-bond donors (Lipinski definition) is 2. The van der Waals surface area contributed by atoms with E-state index in [4.69, 9.17) is 44.3 Å². The van der Waals surface area contributed by atoms with E-state index in [2.05, 4.69) is 38.6 Å². The molecule has 0 aromatic carbocycles. The molecule has 4 heterocycles. The standard InChI is InChI=1S/C48H84N2O12/c1-16-19-20-49(13)35-25-29(4)58-38(26-35)61-43-30(5)39(36-28-46(9,10)42(52)33(8)59-36)31(6)44(53)60-37(18-3)48(12)41(50(45(54)62-48)21-22-57-24-23-55-14)32(7)40(51)34(17-2)27-47(43,11)56-15/h2,29-39,41-43,45,52,54H,16,18-28H2,1,3-15H3/t29-,30+,31-,32+,33+,34-,35+,36-,37-,38+,39?,41-,42+,43-,45?,47-,48-/m1/s1. The average Bonchev–Trinajstić information content (AvgIpc) is 3.49. The lowest BCUT2D eigenvalue weighted by molar-refractivity contribution is -0.275. The molecule has 62 heavy (non-hydrogen) atoms. The van der Waals surface area contributed by atoms with Gasteiger partial charge in [0.15, 0.2) is 12.1 Å². The first-order valence-electron chi connectivity index (χ1n) is 23.4. The number of aliphatic hydroxyl groups is 2. The van der Waals surface area contributed by atoms with Crippen LogP contribution in [0.25, 0.3) is 0 Å². The number of hydrogen-bond acceptors (Lipinski definition) is 14. The Morgan fingerprint density at radius 2 is 1.65 bits per heavy atom. The van der Waals surface area contributed by atoms with E-state index in [1.807, 2.05) is 41.5 Å². The van der Waals surface area contributed by atoms with Gasteiger partial charge in [-0.15, -0.1) is 6.42 Å². The third kappa shape index (κ3) is 11.8. The first-order valence-corrected chi connectivity index (χ1v) is 23.4. The number of cyclic esters (lactones) is 1.